The quantitative estimate of drug-likeness (QED) is 0.860. The van der Waals surface area contributed by atoms with Crippen LogP contribution in [0.1, 0.15) is 24.3 Å². The highest BCUT2D eigenvalue weighted by molar-refractivity contribution is 6.07. The number of benzene rings is 1. The molecule has 1 aromatic carbocycles. The highest BCUT2D eigenvalue weighted by Crippen LogP contribution is 2.32. The third-order valence-corrected chi connectivity index (χ3v) is 3.63. The van der Waals surface area contributed by atoms with Gasteiger partial charge in [-0.1, -0.05) is 18.2 Å². The summed E-state index contributed by atoms with van der Waals surface area (Å²) < 4.78 is 1.98. The molecule has 5 heteroatoms. The summed E-state index contributed by atoms with van der Waals surface area (Å²) in [6, 6.07) is 9.87. The maximum atomic E-state index is 11.9. The van der Waals surface area contributed by atoms with Crippen molar-refractivity contribution in [3.8, 4) is 6.07 Å². The number of amides is 2. The molecule has 1 aliphatic heterocycles. The predicted molar refractivity (Wildman–Crippen MR) is 72.7 cm³/mol. The Kier molecular flexibility index (Phi) is 2.99. The number of carbonyl (C=O) groups is 2. The average molecular weight is 267 g/mol. The number of rotatable bonds is 3. The van der Waals surface area contributed by atoms with Crippen molar-refractivity contribution in [3.63, 3.8) is 0 Å². The van der Waals surface area contributed by atoms with Crippen molar-refractivity contribution in [2.75, 3.05) is 0 Å². The zero-order chi connectivity index (χ0) is 14.1. The van der Waals surface area contributed by atoms with E-state index in [9.17, 15) is 9.59 Å². The van der Waals surface area contributed by atoms with Crippen molar-refractivity contribution >= 4 is 22.7 Å². The molecule has 1 atom stereocenters. The number of nitriles is 1. The number of carbonyl (C=O) groups excluding carboxylic acids is 2. The van der Waals surface area contributed by atoms with Crippen molar-refractivity contribution in [3.05, 3.63) is 36.0 Å². The monoisotopic (exact) mass is 267 g/mol. The number of fused-ring (bicyclic) bond motifs is 1. The lowest BCUT2D eigenvalue weighted by Gasteiger charge is -2.03. The molecule has 0 bridgehead atoms. The molecule has 0 saturated carbocycles. The molecule has 0 aliphatic carbocycles. The van der Waals surface area contributed by atoms with Gasteiger partial charge in [0.2, 0.25) is 11.8 Å². The lowest BCUT2D eigenvalue weighted by molar-refractivity contribution is -0.125. The van der Waals surface area contributed by atoms with Gasteiger partial charge in [-0.15, -0.1) is 0 Å². The number of aryl methyl sites for hydroxylation is 1. The molecule has 1 unspecified atom stereocenters. The van der Waals surface area contributed by atoms with E-state index in [0.717, 1.165) is 16.5 Å². The molecule has 1 aliphatic rings. The molecule has 1 fully saturated rings. The summed E-state index contributed by atoms with van der Waals surface area (Å²) in [7, 11) is 0. The van der Waals surface area contributed by atoms with Crippen LogP contribution < -0.4 is 5.32 Å². The molecule has 1 N–H and O–H groups in total. The van der Waals surface area contributed by atoms with E-state index in [1.807, 2.05) is 35.0 Å². The van der Waals surface area contributed by atoms with Gasteiger partial charge in [0.15, 0.2) is 0 Å². The number of imide groups is 1. The first-order valence-electron chi connectivity index (χ1n) is 6.49. The van der Waals surface area contributed by atoms with Gasteiger partial charge in [-0.2, -0.15) is 5.26 Å². The third kappa shape index (κ3) is 1.95. The van der Waals surface area contributed by atoms with Crippen LogP contribution in [0, 0.1) is 11.3 Å². The van der Waals surface area contributed by atoms with Crippen molar-refractivity contribution in [1.82, 2.24) is 9.88 Å². The van der Waals surface area contributed by atoms with Gasteiger partial charge >= 0.3 is 0 Å². The number of nitrogens with one attached hydrogen (secondary N) is 1. The zero-order valence-corrected chi connectivity index (χ0v) is 10.8. The normalized spacial score (nSPS) is 18.2. The lowest BCUT2D eigenvalue weighted by Crippen LogP contribution is -2.21. The molecule has 2 aromatic rings. The molecule has 20 heavy (non-hydrogen) atoms. The summed E-state index contributed by atoms with van der Waals surface area (Å²) in [6.45, 7) is 0.583. The van der Waals surface area contributed by atoms with Gasteiger partial charge in [0.05, 0.1) is 18.4 Å². The molecule has 5 nitrogen and oxygen atoms in total. The van der Waals surface area contributed by atoms with E-state index < -0.39 is 5.92 Å². The van der Waals surface area contributed by atoms with E-state index in [2.05, 4.69) is 11.4 Å². The van der Waals surface area contributed by atoms with Gasteiger partial charge < -0.3 is 4.57 Å². The molecule has 0 radical (unpaired) electrons. The number of hydrogen-bond donors (Lipinski definition) is 1. The van der Waals surface area contributed by atoms with Gasteiger partial charge in [-0.3, -0.25) is 14.9 Å². The minimum atomic E-state index is -0.421. The molecule has 1 aromatic heterocycles. The van der Waals surface area contributed by atoms with Gasteiger partial charge in [0, 0.05) is 30.1 Å². The van der Waals surface area contributed by atoms with E-state index in [1.54, 1.807) is 0 Å². The molecular weight excluding hydrogens is 254 g/mol. The van der Waals surface area contributed by atoms with Gasteiger partial charge in [-0.05, 0) is 11.6 Å². The Bertz CT molecular complexity index is 739. The Balaban J connectivity index is 2.09. The maximum Gasteiger partial charge on any atom is 0.234 e. The van der Waals surface area contributed by atoms with E-state index >= 15 is 0 Å². The molecular formula is C15H13N3O2. The average Bonchev–Trinajstić information content (AvgIpc) is 2.97. The molecule has 2 heterocycles. The van der Waals surface area contributed by atoms with Crippen LogP contribution in [-0.4, -0.2) is 16.4 Å². The molecule has 2 amide bonds. The molecule has 100 valence electrons. The topological polar surface area (TPSA) is 74.9 Å². The van der Waals surface area contributed by atoms with Crippen LogP contribution >= 0.6 is 0 Å². The summed E-state index contributed by atoms with van der Waals surface area (Å²) in [5.74, 6) is -0.886. The van der Waals surface area contributed by atoms with Crippen molar-refractivity contribution in [1.29, 1.82) is 5.26 Å². The SMILES string of the molecule is N#CCCn1cc(C2CC(=O)NC2=O)c2ccccc21. The van der Waals surface area contributed by atoms with Crippen molar-refractivity contribution in [2.45, 2.75) is 25.3 Å². The van der Waals surface area contributed by atoms with E-state index in [1.165, 1.54) is 0 Å². The second-order valence-electron chi connectivity index (χ2n) is 4.87. The molecule has 1 saturated heterocycles. The van der Waals surface area contributed by atoms with Crippen molar-refractivity contribution < 1.29 is 9.59 Å². The van der Waals surface area contributed by atoms with Crippen LogP contribution in [0.15, 0.2) is 30.5 Å². The zero-order valence-electron chi connectivity index (χ0n) is 10.8. The second-order valence-corrected chi connectivity index (χ2v) is 4.87. The first-order chi connectivity index (χ1) is 9.70. The minimum absolute atomic E-state index is 0.199. The number of nitrogens with zero attached hydrogens (tertiary/aromatic N) is 2. The van der Waals surface area contributed by atoms with Crippen LogP contribution in [0.4, 0.5) is 0 Å². The summed E-state index contributed by atoms with van der Waals surface area (Å²) in [4.78, 5) is 23.2. The van der Waals surface area contributed by atoms with Crippen LogP contribution in [0.2, 0.25) is 0 Å². The Morgan fingerprint density at radius 1 is 1.35 bits per heavy atom. The van der Waals surface area contributed by atoms with Gasteiger partial charge in [0.25, 0.3) is 0 Å². The number of aromatic nitrogens is 1. The smallest absolute Gasteiger partial charge is 0.234 e. The Morgan fingerprint density at radius 3 is 2.85 bits per heavy atom. The summed E-state index contributed by atoms with van der Waals surface area (Å²) >= 11 is 0. The molecule has 3 rings (SSSR count). The highest BCUT2D eigenvalue weighted by atomic mass is 16.2. The highest BCUT2D eigenvalue weighted by Gasteiger charge is 2.33. The largest absolute Gasteiger partial charge is 0.346 e. The maximum absolute atomic E-state index is 11.9. The van der Waals surface area contributed by atoms with Gasteiger partial charge in [0.1, 0.15) is 0 Å². The van der Waals surface area contributed by atoms with Crippen LogP contribution in [0.25, 0.3) is 10.9 Å². The summed E-state index contributed by atoms with van der Waals surface area (Å²) in [6.07, 6.45) is 2.50. The Labute approximate surface area is 115 Å². The first-order valence-corrected chi connectivity index (χ1v) is 6.49. The van der Waals surface area contributed by atoms with E-state index in [0.29, 0.717) is 13.0 Å². The van der Waals surface area contributed by atoms with Crippen LogP contribution in [-0.2, 0) is 16.1 Å². The summed E-state index contributed by atoms with van der Waals surface area (Å²) in [5, 5.41) is 12.0. The van der Waals surface area contributed by atoms with Crippen LogP contribution in [0.5, 0.6) is 0 Å². The number of para-hydroxylation sites is 1. The Morgan fingerprint density at radius 2 is 2.15 bits per heavy atom. The fourth-order valence-electron chi connectivity index (χ4n) is 2.71. The lowest BCUT2D eigenvalue weighted by atomic mass is 9.97. The predicted octanol–water partition coefficient (Wildman–Crippen LogP) is 1.69. The summed E-state index contributed by atoms with van der Waals surface area (Å²) in [5.41, 5.74) is 1.85. The fraction of sp³-hybridized carbons (Fsp3) is 0.267. The molecule has 0 spiro atoms. The van der Waals surface area contributed by atoms with E-state index in [-0.39, 0.29) is 18.2 Å². The minimum Gasteiger partial charge on any atom is -0.346 e. The van der Waals surface area contributed by atoms with Gasteiger partial charge in [-0.25, -0.2) is 0 Å². The first kappa shape index (κ1) is 12.4. The third-order valence-electron chi connectivity index (χ3n) is 3.63. The van der Waals surface area contributed by atoms with E-state index in [4.69, 9.17) is 5.26 Å². The fourth-order valence-corrected chi connectivity index (χ4v) is 2.71. The van der Waals surface area contributed by atoms with Crippen LogP contribution in [0.3, 0.4) is 0 Å². The Hall–Kier alpha value is -2.61. The number of hydrogen-bond acceptors (Lipinski definition) is 3. The standard InChI is InChI=1S/C15H13N3O2/c16-6-3-7-18-9-12(10-4-1-2-5-13(10)18)11-8-14(19)17-15(11)20/h1-2,4-5,9,11H,3,7-8H2,(H,17,19,20). The van der Waals surface area contributed by atoms with Crippen molar-refractivity contribution in [2.24, 2.45) is 0 Å². The second kappa shape index (κ2) is 4.82.